The summed E-state index contributed by atoms with van der Waals surface area (Å²) >= 11 is 9.14. The molecule has 2 heteroatoms. The minimum Gasteiger partial charge on any atom is -0.122 e. The third-order valence-corrected chi connectivity index (χ3v) is 2.68. The molecule has 0 aliphatic carbocycles. The third kappa shape index (κ3) is 2.11. The fourth-order valence-electron chi connectivity index (χ4n) is 0.982. The molecule has 64 valence electrons. The Bertz CT molecular complexity index is 305. The summed E-state index contributed by atoms with van der Waals surface area (Å²) in [6.45, 7) is 5.94. The van der Waals surface area contributed by atoms with Crippen molar-refractivity contribution in [2.45, 2.75) is 6.92 Å². The molecule has 0 spiro atoms. The summed E-state index contributed by atoms with van der Waals surface area (Å²) < 4.78 is 1.05. The van der Waals surface area contributed by atoms with Crippen LogP contribution in [-0.2, 0) is 0 Å². The highest BCUT2D eigenvalue weighted by atomic mass is 79.9. The molecule has 0 saturated carbocycles. The first-order valence-corrected chi connectivity index (χ1v) is 4.98. The minimum atomic E-state index is 0.474. The number of benzene rings is 1. The van der Waals surface area contributed by atoms with E-state index in [-0.39, 0.29) is 0 Å². The molecule has 0 aliphatic rings. The van der Waals surface area contributed by atoms with E-state index in [9.17, 15) is 0 Å². The van der Waals surface area contributed by atoms with Crippen LogP contribution in [0.5, 0.6) is 0 Å². The van der Waals surface area contributed by atoms with Gasteiger partial charge in [0.15, 0.2) is 0 Å². The van der Waals surface area contributed by atoms with Gasteiger partial charge in [-0.3, -0.25) is 0 Å². The second-order valence-electron chi connectivity index (χ2n) is 2.72. The zero-order chi connectivity index (χ0) is 9.14. The first-order chi connectivity index (χ1) is 5.65. The summed E-state index contributed by atoms with van der Waals surface area (Å²) in [5.41, 5.74) is 3.27. The maximum absolute atomic E-state index is 5.69. The quantitative estimate of drug-likeness (QED) is 0.691. The molecule has 1 aromatic carbocycles. The van der Waals surface area contributed by atoms with Crippen LogP contribution < -0.4 is 0 Å². The topological polar surface area (TPSA) is 0 Å². The summed E-state index contributed by atoms with van der Waals surface area (Å²) in [4.78, 5) is 0. The lowest BCUT2D eigenvalue weighted by atomic mass is 10.1. The van der Waals surface area contributed by atoms with Crippen molar-refractivity contribution < 1.29 is 0 Å². The molecule has 1 rings (SSSR count). The van der Waals surface area contributed by atoms with Crippen molar-refractivity contribution in [2.75, 3.05) is 5.88 Å². The molecule has 0 unspecified atom stereocenters. The van der Waals surface area contributed by atoms with Crippen molar-refractivity contribution in [2.24, 2.45) is 0 Å². The van der Waals surface area contributed by atoms with Crippen LogP contribution in [0.15, 0.2) is 29.3 Å². The van der Waals surface area contributed by atoms with Crippen molar-refractivity contribution in [3.8, 4) is 0 Å². The van der Waals surface area contributed by atoms with Gasteiger partial charge in [-0.15, -0.1) is 11.6 Å². The van der Waals surface area contributed by atoms with Gasteiger partial charge in [0.25, 0.3) is 0 Å². The Hall–Kier alpha value is -0.270. The van der Waals surface area contributed by atoms with Crippen LogP contribution in [0.25, 0.3) is 5.57 Å². The average Bonchev–Trinajstić information content (AvgIpc) is 2.08. The van der Waals surface area contributed by atoms with Gasteiger partial charge < -0.3 is 0 Å². The lowest BCUT2D eigenvalue weighted by Gasteiger charge is -2.05. The minimum absolute atomic E-state index is 0.474. The Kier molecular flexibility index (Phi) is 3.36. The number of alkyl halides is 1. The van der Waals surface area contributed by atoms with Gasteiger partial charge in [0.2, 0.25) is 0 Å². The van der Waals surface area contributed by atoms with Gasteiger partial charge in [-0.25, -0.2) is 0 Å². The van der Waals surface area contributed by atoms with Crippen molar-refractivity contribution in [1.82, 2.24) is 0 Å². The standard InChI is InChI=1S/C10H10BrCl/c1-7-3-4-10(11)9(5-7)8(2)6-12/h3-5H,2,6H2,1H3. The summed E-state index contributed by atoms with van der Waals surface area (Å²) in [5, 5.41) is 0. The highest BCUT2D eigenvalue weighted by Crippen LogP contribution is 2.24. The second kappa shape index (κ2) is 4.11. The summed E-state index contributed by atoms with van der Waals surface area (Å²) in [7, 11) is 0. The summed E-state index contributed by atoms with van der Waals surface area (Å²) in [6.07, 6.45) is 0. The fraction of sp³-hybridized carbons (Fsp3) is 0.200. The first kappa shape index (κ1) is 9.82. The Morgan fingerprint density at radius 2 is 2.25 bits per heavy atom. The lowest BCUT2D eigenvalue weighted by molar-refractivity contribution is 1.42. The molecular formula is C10H10BrCl. The van der Waals surface area contributed by atoms with Crippen LogP contribution >= 0.6 is 27.5 Å². The molecule has 0 aliphatic heterocycles. The van der Waals surface area contributed by atoms with E-state index in [4.69, 9.17) is 11.6 Å². The van der Waals surface area contributed by atoms with Crippen molar-refractivity contribution in [3.05, 3.63) is 40.4 Å². The molecule has 0 aromatic heterocycles. The third-order valence-electron chi connectivity index (χ3n) is 1.66. The molecule has 0 fully saturated rings. The number of halogens is 2. The molecular weight excluding hydrogens is 235 g/mol. The predicted molar refractivity (Wildman–Crippen MR) is 58.6 cm³/mol. The van der Waals surface area contributed by atoms with Gasteiger partial charge >= 0.3 is 0 Å². The first-order valence-electron chi connectivity index (χ1n) is 3.65. The van der Waals surface area contributed by atoms with Crippen molar-refractivity contribution >= 4 is 33.1 Å². The van der Waals surface area contributed by atoms with E-state index >= 15 is 0 Å². The molecule has 0 nitrogen and oxygen atoms in total. The maximum atomic E-state index is 5.69. The molecule has 0 radical (unpaired) electrons. The van der Waals surface area contributed by atoms with Gasteiger partial charge in [-0.1, -0.05) is 40.2 Å². The van der Waals surface area contributed by atoms with Gasteiger partial charge in [0.05, 0.1) is 0 Å². The van der Waals surface area contributed by atoms with E-state index in [1.807, 2.05) is 6.07 Å². The number of allylic oxidation sites excluding steroid dienone is 1. The van der Waals surface area contributed by atoms with Gasteiger partial charge in [0.1, 0.15) is 0 Å². The van der Waals surface area contributed by atoms with Gasteiger partial charge in [-0.05, 0) is 24.1 Å². The highest BCUT2D eigenvalue weighted by Gasteiger charge is 2.02. The normalized spacial score (nSPS) is 9.92. The van der Waals surface area contributed by atoms with Crippen LogP contribution in [-0.4, -0.2) is 5.88 Å². The van der Waals surface area contributed by atoms with E-state index in [1.54, 1.807) is 0 Å². The van der Waals surface area contributed by atoms with Gasteiger partial charge in [-0.2, -0.15) is 0 Å². The van der Waals surface area contributed by atoms with Crippen LogP contribution in [0, 0.1) is 6.92 Å². The number of aryl methyl sites for hydroxylation is 1. The van der Waals surface area contributed by atoms with Crippen LogP contribution in [0.2, 0.25) is 0 Å². The molecule has 0 amide bonds. The number of hydrogen-bond acceptors (Lipinski definition) is 0. The Labute approximate surface area is 86.4 Å². The monoisotopic (exact) mass is 244 g/mol. The predicted octanol–water partition coefficient (Wildman–Crippen LogP) is 4.01. The second-order valence-corrected chi connectivity index (χ2v) is 3.84. The zero-order valence-corrected chi connectivity index (χ0v) is 9.24. The van der Waals surface area contributed by atoms with Crippen LogP contribution in [0.3, 0.4) is 0 Å². The zero-order valence-electron chi connectivity index (χ0n) is 6.90. The molecule has 0 bridgehead atoms. The summed E-state index contributed by atoms with van der Waals surface area (Å²) in [6, 6.07) is 6.15. The number of hydrogen-bond donors (Lipinski definition) is 0. The highest BCUT2D eigenvalue weighted by molar-refractivity contribution is 9.10. The van der Waals surface area contributed by atoms with Gasteiger partial charge in [0, 0.05) is 10.4 Å². The van der Waals surface area contributed by atoms with Crippen LogP contribution in [0.1, 0.15) is 11.1 Å². The fourth-order valence-corrected chi connectivity index (χ4v) is 1.65. The smallest absolute Gasteiger partial charge is 0.0474 e. The average molecular weight is 246 g/mol. The molecule has 0 heterocycles. The molecule has 12 heavy (non-hydrogen) atoms. The Balaban J connectivity index is 3.13. The van der Waals surface area contributed by atoms with Crippen molar-refractivity contribution in [3.63, 3.8) is 0 Å². The van der Waals surface area contributed by atoms with E-state index in [1.165, 1.54) is 5.56 Å². The number of rotatable bonds is 2. The largest absolute Gasteiger partial charge is 0.122 e. The molecule has 0 saturated heterocycles. The van der Waals surface area contributed by atoms with Crippen molar-refractivity contribution in [1.29, 1.82) is 0 Å². The lowest BCUT2D eigenvalue weighted by Crippen LogP contribution is -1.86. The maximum Gasteiger partial charge on any atom is 0.0474 e. The van der Waals surface area contributed by atoms with E-state index in [0.717, 1.165) is 15.6 Å². The van der Waals surface area contributed by atoms with E-state index < -0.39 is 0 Å². The van der Waals surface area contributed by atoms with E-state index in [0.29, 0.717) is 5.88 Å². The molecule has 0 atom stereocenters. The Morgan fingerprint density at radius 3 is 2.83 bits per heavy atom. The van der Waals surface area contributed by atoms with Crippen LogP contribution in [0.4, 0.5) is 0 Å². The summed E-state index contributed by atoms with van der Waals surface area (Å²) in [5.74, 6) is 0.474. The Morgan fingerprint density at radius 1 is 1.58 bits per heavy atom. The van der Waals surface area contributed by atoms with E-state index in [2.05, 4.69) is 41.6 Å². The SMILES string of the molecule is C=C(CCl)c1cc(C)ccc1Br. The molecule has 0 N–H and O–H groups in total. The molecule has 1 aromatic rings.